The third-order valence-corrected chi connectivity index (χ3v) is 13.1. The lowest BCUT2D eigenvalue weighted by Gasteiger charge is -2.28. The molecule has 1 heterocycles. The molecule has 0 N–H and O–H groups in total. The Morgan fingerprint density at radius 3 is 1.95 bits per heavy atom. The zero-order valence-corrected chi connectivity index (χ0v) is 33.2. The van der Waals surface area contributed by atoms with Crippen LogP contribution in [-0.2, 0) is 11.8 Å². The third kappa shape index (κ3) is 5.33. The number of allylic oxidation sites excluding steroid dienone is 1. The van der Waals surface area contributed by atoms with Gasteiger partial charge in [-0.1, -0.05) is 141 Å². The summed E-state index contributed by atoms with van der Waals surface area (Å²) in [7, 11) is 0. The van der Waals surface area contributed by atoms with E-state index in [-0.39, 0.29) is 5.41 Å². The van der Waals surface area contributed by atoms with E-state index >= 15 is 0 Å². The molecular weight excluding hydrogens is 715 g/mol. The van der Waals surface area contributed by atoms with E-state index in [4.69, 9.17) is 4.42 Å². The van der Waals surface area contributed by atoms with E-state index in [1.807, 2.05) is 0 Å². The van der Waals surface area contributed by atoms with Crippen LogP contribution in [-0.4, -0.2) is 0 Å². The second-order valence-electron chi connectivity index (χ2n) is 16.8. The highest BCUT2D eigenvalue weighted by Gasteiger charge is 2.35. The standard InChI is InChI=1S/C57H41NO/c1-57(2)53-18-10-9-16-47(53)48-29-28-45(34-54(48)57)58(44-27-23-37-12-4-6-14-40(37)32-44)43-25-21-38(22-26-43)41-24-30-55-51(33-41)52-35-50(46-15-7-8-17-49(46)56(52)59-55)42-20-19-36-11-3-5-13-39(36)31-42/h3-6,8-14,16-35H,7,15H2,1-2H3. The molecule has 0 fully saturated rings. The second-order valence-corrected chi connectivity index (χ2v) is 16.8. The van der Waals surface area contributed by atoms with Crippen molar-refractivity contribution in [1.82, 2.24) is 0 Å². The first-order chi connectivity index (χ1) is 29.0. The summed E-state index contributed by atoms with van der Waals surface area (Å²) in [5.41, 5.74) is 18.1. The lowest BCUT2D eigenvalue weighted by molar-refractivity contribution is 0.660. The van der Waals surface area contributed by atoms with Crippen molar-refractivity contribution in [3.8, 4) is 33.4 Å². The van der Waals surface area contributed by atoms with Crippen LogP contribution in [0.1, 0.15) is 42.5 Å². The molecule has 280 valence electrons. The molecule has 2 nitrogen and oxygen atoms in total. The summed E-state index contributed by atoms with van der Waals surface area (Å²) in [6.45, 7) is 4.71. The maximum Gasteiger partial charge on any atom is 0.142 e. The van der Waals surface area contributed by atoms with E-state index in [0.29, 0.717) is 0 Å². The monoisotopic (exact) mass is 755 g/mol. The molecule has 0 aliphatic heterocycles. The molecule has 1 aromatic heterocycles. The highest BCUT2D eigenvalue weighted by atomic mass is 16.3. The van der Waals surface area contributed by atoms with Gasteiger partial charge in [-0.2, -0.15) is 0 Å². The fourth-order valence-corrected chi connectivity index (χ4v) is 10.0. The average Bonchev–Trinajstić information content (AvgIpc) is 3.77. The van der Waals surface area contributed by atoms with Gasteiger partial charge in [0.1, 0.15) is 11.2 Å². The van der Waals surface area contributed by atoms with Crippen LogP contribution in [0.5, 0.6) is 0 Å². The normalized spacial score (nSPS) is 13.9. The molecule has 0 saturated carbocycles. The van der Waals surface area contributed by atoms with Gasteiger partial charge in [-0.15, -0.1) is 0 Å². The fraction of sp³-hybridized carbons (Fsp3) is 0.0877. The molecule has 2 heteroatoms. The smallest absolute Gasteiger partial charge is 0.142 e. The van der Waals surface area contributed by atoms with Crippen LogP contribution in [0.15, 0.2) is 186 Å². The first-order valence-corrected chi connectivity index (χ1v) is 20.8. The number of anilines is 3. The van der Waals surface area contributed by atoms with Crippen molar-refractivity contribution in [2.45, 2.75) is 32.1 Å². The summed E-state index contributed by atoms with van der Waals surface area (Å²) < 4.78 is 6.69. The minimum Gasteiger partial charge on any atom is -0.455 e. The van der Waals surface area contributed by atoms with Gasteiger partial charge in [0.05, 0.1) is 0 Å². The lowest BCUT2D eigenvalue weighted by atomic mass is 9.82. The minimum atomic E-state index is -0.0947. The summed E-state index contributed by atoms with van der Waals surface area (Å²) in [4.78, 5) is 2.41. The van der Waals surface area contributed by atoms with E-state index < -0.39 is 0 Å². The molecule has 0 bridgehead atoms. The molecule has 0 unspecified atom stereocenters. The van der Waals surface area contributed by atoms with Gasteiger partial charge in [0, 0.05) is 38.8 Å². The zero-order valence-electron chi connectivity index (χ0n) is 33.2. The Morgan fingerprint density at radius 1 is 0.475 bits per heavy atom. The average molecular weight is 756 g/mol. The van der Waals surface area contributed by atoms with Crippen LogP contribution in [0.25, 0.3) is 82.9 Å². The molecule has 10 aromatic rings. The van der Waals surface area contributed by atoms with E-state index in [1.165, 1.54) is 77.2 Å². The van der Waals surface area contributed by atoms with Gasteiger partial charge in [0.2, 0.25) is 0 Å². The van der Waals surface area contributed by atoms with Gasteiger partial charge in [0.15, 0.2) is 0 Å². The Morgan fingerprint density at radius 2 is 1.12 bits per heavy atom. The molecule has 0 amide bonds. The number of rotatable bonds is 5. The van der Waals surface area contributed by atoms with Crippen LogP contribution < -0.4 is 4.90 Å². The van der Waals surface area contributed by atoms with E-state index in [9.17, 15) is 0 Å². The van der Waals surface area contributed by atoms with E-state index in [0.717, 1.165) is 51.8 Å². The van der Waals surface area contributed by atoms with Gasteiger partial charge in [-0.3, -0.25) is 0 Å². The minimum absolute atomic E-state index is 0.0947. The molecule has 12 rings (SSSR count). The summed E-state index contributed by atoms with van der Waals surface area (Å²) >= 11 is 0. The lowest BCUT2D eigenvalue weighted by Crippen LogP contribution is -2.16. The van der Waals surface area contributed by atoms with Gasteiger partial charge < -0.3 is 9.32 Å². The second kappa shape index (κ2) is 12.9. The Bertz CT molecular complexity index is 3360. The van der Waals surface area contributed by atoms with Crippen molar-refractivity contribution in [1.29, 1.82) is 0 Å². The summed E-state index contributed by atoms with van der Waals surface area (Å²) in [6, 6.07) is 65.0. The highest BCUT2D eigenvalue weighted by Crippen LogP contribution is 2.51. The first-order valence-electron chi connectivity index (χ1n) is 20.8. The molecule has 59 heavy (non-hydrogen) atoms. The van der Waals surface area contributed by atoms with Gasteiger partial charge >= 0.3 is 0 Å². The summed E-state index contributed by atoms with van der Waals surface area (Å²) in [5, 5.41) is 7.29. The molecule has 2 aliphatic carbocycles. The van der Waals surface area contributed by atoms with Gasteiger partial charge in [-0.25, -0.2) is 0 Å². The molecule has 9 aromatic carbocycles. The number of benzene rings is 9. The fourth-order valence-electron chi connectivity index (χ4n) is 10.0. The molecule has 0 spiro atoms. The van der Waals surface area contributed by atoms with Crippen molar-refractivity contribution < 1.29 is 4.42 Å². The maximum absolute atomic E-state index is 6.69. The number of hydrogen-bond donors (Lipinski definition) is 0. The van der Waals surface area contributed by atoms with Crippen molar-refractivity contribution >= 4 is 66.6 Å². The molecular formula is C57H41NO. The highest BCUT2D eigenvalue weighted by molar-refractivity contribution is 6.11. The van der Waals surface area contributed by atoms with Crippen molar-refractivity contribution in [2.75, 3.05) is 4.90 Å². The number of furan rings is 1. The largest absolute Gasteiger partial charge is 0.455 e. The molecule has 2 aliphatic rings. The number of hydrogen-bond acceptors (Lipinski definition) is 2. The predicted octanol–water partition coefficient (Wildman–Crippen LogP) is 16.0. The summed E-state index contributed by atoms with van der Waals surface area (Å²) in [5.74, 6) is 0. The SMILES string of the molecule is CC1(C)c2ccccc2-c2ccc(N(c3ccc(-c4ccc5oc6c7c(c(-c8ccc9ccccc9c8)cc6c5c4)CCC=C7)cc3)c3ccc4ccccc4c3)cc21. The van der Waals surface area contributed by atoms with Crippen LogP contribution in [0.4, 0.5) is 17.1 Å². The topological polar surface area (TPSA) is 16.4 Å². The quantitative estimate of drug-likeness (QED) is 0.174. The van der Waals surface area contributed by atoms with Gasteiger partial charge in [-0.05, 0) is 145 Å². The van der Waals surface area contributed by atoms with Crippen molar-refractivity contribution in [3.05, 3.63) is 204 Å². The first kappa shape index (κ1) is 33.9. The van der Waals surface area contributed by atoms with Crippen molar-refractivity contribution in [2.24, 2.45) is 0 Å². The Labute approximate surface area is 344 Å². The van der Waals surface area contributed by atoms with Crippen LogP contribution in [0.3, 0.4) is 0 Å². The summed E-state index contributed by atoms with van der Waals surface area (Å²) in [6.07, 6.45) is 6.61. The maximum atomic E-state index is 6.69. The molecule has 0 saturated heterocycles. The van der Waals surface area contributed by atoms with Crippen LogP contribution >= 0.6 is 0 Å². The van der Waals surface area contributed by atoms with E-state index in [2.05, 4.69) is 207 Å². The number of fused-ring (bicyclic) bond motifs is 10. The van der Waals surface area contributed by atoms with Crippen LogP contribution in [0.2, 0.25) is 0 Å². The zero-order chi connectivity index (χ0) is 39.2. The molecule has 0 atom stereocenters. The number of nitrogens with zero attached hydrogens (tertiary/aromatic N) is 1. The third-order valence-electron chi connectivity index (χ3n) is 13.1. The van der Waals surface area contributed by atoms with Crippen LogP contribution in [0, 0.1) is 0 Å². The van der Waals surface area contributed by atoms with Gasteiger partial charge in [0.25, 0.3) is 0 Å². The predicted molar refractivity (Wildman–Crippen MR) is 249 cm³/mol. The Balaban J connectivity index is 0.968. The Kier molecular flexibility index (Phi) is 7.43. The van der Waals surface area contributed by atoms with E-state index in [1.54, 1.807) is 0 Å². The van der Waals surface area contributed by atoms with Crippen molar-refractivity contribution in [3.63, 3.8) is 0 Å². The molecule has 0 radical (unpaired) electrons. The Hall–Kier alpha value is -7.16.